The van der Waals surface area contributed by atoms with Gasteiger partial charge in [0.15, 0.2) is 6.61 Å². The molecule has 10 heteroatoms. The Balaban J connectivity index is 2.11. The van der Waals surface area contributed by atoms with Crippen molar-refractivity contribution in [2.24, 2.45) is 5.92 Å². The molecule has 31 heavy (non-hydrogen) atoms. The molecule has 0 spiro atoms. The SMILES string of the molecule is Cc1cc(C(=O)NC(C)c2cnc(OCC(F)(F)F)c(C)c2)cc(NC(=O)C(C)C)n1. The fourth-order valence-electron chi connectivity index (χ4n) is 2.62. The molecule has 0 aliphatic heterocycles. The number of hydrogen-bond acceptors (Lipinski definition) is 5. The molecule has 0 radical (unpaired) electrons. The molecule has 0 bridgehead atoms. The van der Waals surface area contributed by atoms with E-state index in [0.717, 1.165) is 0 Å². The highest BCUT2D eigenvalue weighted by atomic mass is 19.4. The molecule has 7 nitrogen and oxygen atoms in total. The zero-order chi connectivity index (χ0) is 23.3. The lowest BCUT2D eigenvalue weighted by Crippen LogP contribution is -2.27. The lowest BCUT2D eigenvalue weighted by molar-refractivity contribution is -0.154. The molecule has 0 fully saturated rings. The van der Waals surface area contributed by atoms with Gasteiger partial charge in [-0.3, -0.25) is 9.59 Å². The van der Waals surface area contributed by atoms with Gasteiger partial charge in [0.2, 0.25) is 11.8 Å². The minimum absolute atomic E-state index is 0.116. The zero-order valence-electron chi connectivity index (χ0n) is 17.9. The van der Waals surface area contributed by atoms with Crippen molar-refractivity contribution in [1.82, 2.24) is 15.3 Å². The Kier molecular flexibility index (Phi) is 7.59. The van der Waals surface area contributed by atoms with Gasteiger partial charge in [0.1, 0.15) is 5.82 Å². The van der Waals surface area contributed by atoms with E-state index < -0.39 is 24.7 Å². The molecule has 0 aliphatic carbocycles. The highest BCUT2D eigenvalue weighted by Crippen LogP contribution is 2.23. The summed E-state index contributed by atoms with van der Waals surface area (Å²) in [5.41, 5.74) is 1.89. The molecule has 0 saturated carbocycles. The van der Waals surface area contributed by atoms with Gasteiger partial charge >= 0.3 is 6.18 Å². The van der Waals surface area contributed by atoms with E-state index in [1.165, 1.54) is 12.3 Å². The summed E-state index contributed by atoms with van der Waals surface area (Å²) in [6.07, 6.45) is -3.10. The van der Waals surface area contributed by atoms with E-state index >= 15 is 0 Å². The second kappa shape index (κ2) is 9.76. The smallest absolute Gasteiger partial charge is 0.422 e. The number of halogens is 3. The predicted molar refractivity (Wildman–Crippen MR) is 109 cm³/mol. The van der Waals surface area contributed by atoms with E-state index in [-0.39, 0.29) is 23.5 Å². The van der Waals surface area contributed by atoms with Gasteiger partial charge in [0.05, 0.1) is 6.04 Å². The number of aryl methyl sites for hydroxylation is 2. The Morgan fingerprint density at radius 3 is 2.39 bits per heavy atom. The fourth-order valence-corrected chi connectivity index (χ4v) is 2.62. The van der Waals surface area contributed by atoms with Crippen LogP contribution >= 0.6 is 0 Å². The van der Waals surface area contributed by atoms with Crippen molar-refractivity contribution >= 4 is 17.6 Å². The van der Waals surface area contributed by atoms with E-state index in [0.29, 0.717) is 22.4 Å². The molecule has 0 aromatic carbocycles. The van der Waals surface area contributed by atoms with Crippen LogP contribution in [0.3, 0.4) is 0 Å². The normalized spacial score (nSPS) is 12.4. The van der Waals surface area contributed by atoms with Crippen molar-refractivity contribution in [2.75, 3.05) is 11.9 Å². The maximum atomic E-state index is 12.7. The van der Waals surface area contributed by atoms with Crippen LogP contribution < -0.4 is 15.4 Å². The standard InChI is InChI=1S/C21H25F3N4O3/c1-11(2)18(29)28-17-8-15(7-13(4)26-17)19(30)27-14(5)16-6-12(3)20(25-9-16)31-10-21(22,23)24/h6-9,11,14H,10H2,1-5H3,(H,27,30)(H,26,28,29). The maximum absolute atomic E-state index is 12.7. The van der Waals surface area contributed by atoms with Crippen molar-refractivity contribution in [1.29, 1.82) is 0 Å². The van der Waals surface area contributed by atoms with E-state index in [4.69, 9.17) is 4.74 Å². The Morgan fingerprint density at radius 1 is 1.13 bits per heavy atom. The van der Waals surface area contributed by atoms with Crippen LogP contribution in [0.1, 0.15) is 54.0 Å². The number of carbonyl (C=O) groups excluding carboxylic acids is 2. The summed E-state index contributed by atoms with van der Waals surface area (Å²) in [6.45, 7) is 7.07. The number of anilines is 1. The number of rotatable bonds is 7. The first kappa shape index (κ1) is 24.1. The van der Waals surface area contributed by atoms with E-state index in [9.17, 15) is 22.8 Å². The van der Waals surface area contributed by atoms with Crippen LogP contribution in [0.15, 0.2) is 24.4 Å². The monoisotopic (exact) mass is 438 g/mol. The molecule has 2 N–H and O–H groups in total. The number of nitrogens with one attached hydrogen (secondary N) is 2. The highest BCUT2D eigenvalue weighted by Gasteiger charge is 2.29. The number of nitrogens with zero attached hydrogens (tertiary/aromatic N) is 2. The quantitative estimate of drug-likeness (QED) is 0.678. The minimum atomic E-state index is -4.45. The molecule has 2 rings (SSSR count). The summed E-state index contributed by atoms with van der Waals surface area (Å²) in [5.74, 6) is -0.686. The molecule has 2 aromatic rings. The first-order valence-corrected chi connectivity index (χ1v) is 9.62. The van der Waals surface area contributed by atoms with Crippen LogP contribution in [-0.2, 0) is 4.79 Å². The molecule has 168 valence electrons. The Labute approximate surface area is 178 Å². The van der Waals surface area contributed by atoms with Gasteiger partial charge in [-0.25, -0.2) is 9.97 Å². The van der Waals surface area contributed by atoms with Crippen molar-refractivity contribution < 1.29 is 27.5 Å². The van der Waals surface area contributed by atoms with Gasteiger partial charge in [-0.1, -0.05) is 13.8 Å². The zero-order valence-corrected chi connectivity index (χ0v) is 17.9. The van der Waals surface area contributed by atoms with Gasteiger partial charge in [-0.15, -0.1) is 0 Å². The number of alkyl halides is 3. The summed E-state index contributed by atoms with van der Waals surface area (Å²) < 4.78 is 41.7. The third-order valence-corrected chi connectivity index (χ3v) is 4.26. The van der Waals surface area contributed by atoms with Gasteiger partial charge in [-0.05, 0) is 44.5 Å². The fraction of sp³-hybridized carbons (Fsp3) is 0.429. The Morgan fingerprint density at radius 2 is 1.81 bits per heavy atom. The van der Waals surface area contributed by atoms with Gasteiger partial charge in [0, 0.05) is 28.9 Å². The van der Waals surface area contributed by atoms with Crippen molar-refractivity contribution in [3.05, 3.63) is 46.8 Å². The molecular formula is C21H25F3N4O3. The second-order valence-corrected chi connectivity index (χ2v) is 7.52. The number of amides is 2. The molecule has 2 aromatic heterocycles. The lowest BCUT2D eigenvalue weighted by Gasteiger charge is -2.17. The molecule has 1 atom stereocenters. The number of pyridine rings is 2. The number of carbonyl (C=O) groups is 2. The molecule has 1 unspecified atom stereocenters. The van der Waals surface area contributed by atoms with E-state index in [2.05, 4.69) is 20.6 Å². The lowest BCUT2D eigenvalue weighted by atomic mass is 10.1. The van der Waals surface area contributed by atoms with E-state index in [1.807, 2.05) is 0 Å². The highest BCUT2D eigenvalue weighted by molar-refractivity contribution is 5.97. The second-order valence-electron chi connectivity index (χ2n) is 7.52. The predicted octanol–water partition coefficient (Wildman–Crippen LogP) is 4.12. The summed E-state index contributed by atoms with van der Waals surface area (Å²) in [5, 5.41) is 5.47. The largest absolute Gasteiger partial charge is 0.468 e. The average molecular weight is 438 g/mol. The maximum Gasteiger partial charge on any atom is 0.422 e. The topological polar surface area (TPSA) is 93.2 Å². The third-order valence-electron chi connectivity index (χ3n) is 4.26. The molecule has 0 aliphatic rings. The average Bonchev–Trinajstić information content (AvgIpc) is 2.65. The van der Waals surface area contributed by atoms with Crippen molar-refractivity contribution in [2.45, 2.75) is 46.8 Å². The number of aromatic nitrogens is 2. The summed E-state index contributed by atoms with van der Waals surface area (Å²) in [6, 6.07) is 4.20. The molecular weight excluding hydrogens is 413 g/mol. The van der Waals surface area contributed by atoms with Crippen LogP contribution in [-0.4, -0.2) is 34.6 Å². The van der Waals surface area contributed by atoms with Crippen LogP contribution in [0.2, 0.25) is 0 Å². The first-order chi connectivity index (χ1) is 14.4. The summed E-state index contributed by atoms with van der Waals surface area (Å²) in [4.78, 5) is 32.7. The van der Waals surface area contributed by atoms with Gasteiger partial charge in [0.25, 0.3) is 5.91 Å². The van der Waals surface area contributed by atoms with Crippen molar-refractivity contribution in [3.8, 4) is 5.88 Å². The Bertz CT molecular complexity index is 961. The summed E-state index contributed by atoms with van der Waals surface area (Å²) >= 11 is 0. The van der Waals surface area contributed by atoms with Crippen molar-refractivity contribution in [3.63, 3.8) is 0 Å². The summed E-state index contributed by atoms with van der Waals surface area (Å²) in [7, 11) is 0. The number of hydrogen-bond donors (Lipinski definition) is 2. The first-order valence-electron chi connectivity index (χ1n) is 9.62. The van der Waals surface area contributed by atoms with Crippen LogP contribution in [0.5, 0.6) is 5.88 Å². The minimum Gasteiger partial charge on any atom is -0.468 e. The van der Waals surface area contributed by atoms with E-state index in [1.54, 1.807) is 46.8 Å². The van der Waals surface area contributed by atoms with Crippen LogP contribution in [0, 0.1) is 19.8 Å². The van der Waals surface area contributed by atoms with Crippen LogP contribution in [0.25, 0.3) is 0 Å². The Hall–Kier alpha value is -3.17. The molecule has 2 amide bonds. The third kappa shape index (κ3) is 7.23. The van der Waals surface area contributed by atoms with Gasteiger partial charge < -0.3 is 15.4 Å². The molecule has 2 heterocycles. The molecule has 0 saturated heterocycles. The van der Waals surface area contributed by atoms with Gasteiger partial charge in [-0.2, -0.15) is 13.2 Å². The number of ether oxygens (including phenoxy) is 1. The van der Waals surface area contributed by atoms with Crippen LogP contribution in [0.4, 0.5) is 19.0 Å².